The number of hydrogen-bond acceptors (Lipinski definition) is 4. The van der Waals surface area contributed by atoms with Crippen molar-refractivity contribution < 1.29 is 14.3 Å². The number of ether oxygens (including phenoxy) is 1. The molecule has 192 valence electrons. The van der Waals surface area contributed by atoms with Crippen LogP contribution in [0.4, 0.5) is 0 Å². The molecule has 4 aromatic rings. The molecule has 5 nitrogen and oxygen atoms in total. The second-order valence-electron chi connectivity index (χ2n) is 10.1. The highest BCUT2D eigenvalue weighted by Gasteiger charge is 2.61. The third-order valence-corrected chi connectivity index (χ3v) is 8.46. The molecule has 1 heterocycles. The molecule has 1 fully saturated rings. The summed E-state index contributed by atoms with van der Waals surface area (Å²) < 4.78 is 6.03. The number of amides is 2. The molecule has 4 aliphatic rings. The number of hydrazone groups is 1. The molecule has 0 saturated carbocycles. The van der Waals surface area contributed by atoms with E-state index in [0.717, 1.165) is 32.8 Å². The number of rotatable bonds is 5. The molecule has 3 aliphatic carbocycles. The van der Waals surface area contributed by atoms with Gasteiger partial charge < -0.3 is 4.74 Å². The molecule has 2 bridgehead atoms. The van der Waals surface area contributed by atoms with Gasteiger partial charge in [-0.2, -0.15) is 10.1 Å². The largest absolute Gasteiger partial charge is 0.488 e. The van der Waals surface area contributed by atoms with Crippen LogP contribution in [-0.2, 0) is 16.2 Å². The molecular formula is C32H22Cl2N2O3. The summed E-state index contributed by atoms with van der Waals surface area (Å²) in [4.78, 5) is 27.6. The predicted octanol–water partition coefficient (Wildman–Crippen LogP) is 6.80. The normalized spacial score (nSPS) is 22.7. The van der Waals surface area contributed by atoms with Gasteiger partial charge in [-0.15, -0.1) is 0 Å². The van der Waals surface area contributed by atoms with Crippen LogP contribution in [0.5, 0.6) is 5.75 Å². The summed E-state index contributed by atoms with van der Waals surface area (Å²) in [6, 6.07) is 28.9. The van der Waals surface area contributed by atoms with Crippen LogP contribution in [0.3, 0.4) is 0 Å². The van der Waals surface area contributed by atoms with Crippen LogP contribution in [0.1, 0.15) is 45.2 Å². The summed E-state index contributed by atoms with van der Waals surface area (Å²) in [5.41, 5.74) is 5.97. The van der Waals surface area contributed by atoms with Crippen LogP contribution in [0.2, 0.25) is 10.0 Å². The van der Waals surface area contributed by atoms with E-state index in [9.17, 15) is 9.59 Å². The summed E-state index contributed by atoms with van der Waals surface area (Å²) in [5, 5.41) is 6.59. The lowest BCUT2D eigenvalue weighted by molar-refractivity contribution is -0.139. The second kappa shape index (κ2) is 9.37. The highest BCUT2D eigenvalue weighted by Crippen LogP contribution is 2.60. The lowest BCUT2D eigenvalue weighted by atomic mass is 9.55. The van der Waals surface area contributed by atoms with Crippen LogP contribution in [-0.4, -0.2) is 23.0 Å². The third kappa shape index (κ3) is 3.88. The van der Waals surface area contributed by atoms with E-state index in [-0.39, 0.29) is 30.3 Å². The molecule has 2 atom stereocenters. The number of nitrogens with zero attached hydrogens (tertiary/aromatic N) is 2. The summed E-state index contributed by atoms with van der Waals surface area (Å²) in [6.45, 7) is 0.286. The minimum absolute atomic E-state index is 0.174. The molecule has 39 heavy (non-hydrogen) atoms. The van der Waals surface area contributed by atoms with Crippen molar-refractivity contribution in [3.8, 4) is 5.75 Å². The average Bonchev–Trinajstić information content (AvgIpc) is 3.21. The van der Waals surface area contributed by atoms with E-state index in [0.29, 0.717) is 21.4 Å². The van der Waals surface area contributed by atoms with Gasteiger partial charge in [0, 0.05) is 27.4 Å². The first-order chi connectivity index (χ1) is 19.0. The van der Waals surface area contributed by atoms with Gasteiger partial charge >= 0.3 is 0 Å². The van der Waals surface area contributed by atoms with Gasteiger partial charge in [0.1, 0.15) is 12.4 Å². The van der Waals surface area contributed by atoms with Crippen molar-refractivity contribution in [1.29, 1.82) is 0 Å². The van der Waals surface area contributed by atoms with E-state index in [1.165, 1.54) is 6.21 Å². The molecule has 8 rings (SSSR count). The molecule has 0 spiro atoms. The predicted molar refractivity (Wildman–Crippen MR) is 150 cm³/mol. The topological polar surface area (TPSA) is 59.0 Å². The van der Waals surface area contributed by atoms with Gasteiger partial charge in [0.2, 0.25) is 0 Å². The first-order valence-electron chi connectivity index (χ1n) is 12.8. The maximum absolute atomic E-state index is 13.8. The number of carbonyl (C=O) groups is 2. The number of imide groups is 1. The Kier molecular flexibility index (Phi) is 5.80. The molecule has 0 aromatic heterocycles. The van der Waals surface area contributed by atoms with Crippen LogP contribution >= 0.6 is 23.2 Å². The van der Waals surface area contributed by atoms with Gasteiger partial charge in [-0.3, -0.25) is 9.59 Å². The standard InChI is InChI=1S/C32H22Cl2N2O3/c33-20-7-5-6-18(14-20)17-39-26-13-12-21(34)15-19(26)16-35-36-31(37)29-27-22-8-1-2-9-23(22)28(30(29)32(36)38)25-11-4-3-10-24(25)27/h1-16,27-30H,17H2/b35-16-/t27?,28?,29-,30-/m0/s1. The lowest BCUT2D eigenvalue weighted by Crippen LogP contribution is -2.41. The quantitative estimate of drug-likeness (QED) is 0.202. The molecular weight excluding hydrogens is 531 g/mol. The Hall–Kier alpha value is -3.93. The van der Waals surface area contributed by atoms with Crippen molar-refractivity contribution in [1.82, 2.24) is 5.01 Å². The fraction of sp³-hybridized carbons (Fsp3) is 0.156. The molecule has 2 amide bonds. The Morgan fingerprint density at radius 3 is 1.85 bits per heavy atom. The monoisotopic (exact) mass is 552 g/mol. The van der Waals surface area contributed by atoms with E-state index in [4.69, 9.17) is 27.9 Å². The Balaban J connectivity index is 1.21. The molecule has 0 N–H and O–H groups in total. The zero-order valence-corrected chi connectivity index (χ0v) is 22.1. The average molecular weight is 553 g/mol. The maximum Gasteiger partial charge on any atom is 0.254 e. The first-order valence-corrected chi connectivity index (χ1v) is 13.5. The minimum atomic E-state index is -0.484. The Morgan fingerprint density at radius 1 is 0.718 bits per heavy atom. The van der Waals surface area contributed by atoms with Crippen LogP contribution in [0, 0.1) is 11.8 Å². The second-order valence-corrected chi connectivity index (χ2v) is 11.0. The number of halogens is 2. The van der Waals surface area contributed by atoms with Crippen molar-refractivity contribution in [3.05, 3.63) is 134 Å². The van der Waals surface area contributed by atoms with Gasteiger partial charge in [0.15, 0.2) is 0 Å². The highest BCUT2D eigenvalue weighted by atomic mass is 35.5. The molecule has 7 heteroatoms. The summed E-state index contributed by atoms with van der Waals surface area (Å²) in [6.07, 6.45) is 1.48. The van der Waals surface area contributed by atoms with E-state index in [1.54, 1.807) is 24.3 Å². The number of benzene rings is 4. The van der Waals surface area contributed by atoms with Crippen LogP contribution < -0.4 is 4.74 Å². The molecule has 1 aliphatic heterocycles. The first kappa shape index (κ1) is 24.1. The van der Waals surface area contributed by atoms with Crippen molar-refractivity contribution in [2.75, 3.05) is 0 Å². The van der Waals surface area contributed by atoms with Crippen molar-refractivity contribution in [2.45, 2.75) is 18.4 Å². The van der Waals surface area contributed by atoms with Crippen LogP contribution in [0.25, 0.3) is 0 Å². The van der Waals surface area contributed by atoms with Gasteiger partial charge in [0.25, 0.3) is 11.8 Å². The Labute approximate surface area is 235 Å². The lowest BCUT2D eigenvalue weighted by Gasteiger charge is -2.45. The zero-order valence-electron chi connectivity index (χ0n) is 20.6. The van der Waals surface area contributed by atoms with Gasteiger partial charge in [-0.05, 0) is 58.1 Å². The summed E-state index contributed by atoms with van der Waals surface area (Å²) >= 11 is 12.4. The van der Waals surface area contributed by atoms with E-state index < -0.39 is 11.8 Å². The molecule has 0 radical (unpaired) electrons. The molecule has 4 aromatic carbocycles. The zero-order chi connectivity index (χ0) is 26.7. The minimum Gasteiger partial charge on any atom is -0.488 e. The molecule has 0 unspecified atom stereocenters. The third-order valence-electron chi connectivity index (χ3n) is 7.99. The molecule has 1 saturated heterocycles. The maximum atomic E-state index is 13.8. The Bertz CT molecular complexity index is 1570. The highest BCUT2D eigenvalue weighted by molar-refractivity contribution is 6.31. The van der Waals surface area contributed by atoms with Gasteiger partial charge in [-0.25, -0.2) is 0 Å². The van der Waals surface area contributed by atoms with E-state index in [2.05, 4.69) is 29.4 Å². The fourth-order valence-electron chi connectivity index (χ4n) is 6.43. The fourth-order valence-corrected chi connectivity index (χ4v) is 6.83. The van der Waals surface area contributed by atoms with Crippen molar-refractivity contribution >= 4 is 41.2 Å². The smallest absolute Gasteiger partial charge is 0.254 e. The van der Waals surface area contributed by atoms with Crippen molar-refractivity contribution in [3.63, 3.8) is 0 Å². The SMILES string of the molecule is O=C1[C@H]2C3c4ccccc4C(c4ccccc43)[C@@H]2C(=O)N1/N=C\c1cc(Cl)ccc1OCc1cccc(Cl)c1. The van der Waals surface area contributed by atoms with E-state index in [1.807, 2.05) is 42.5 Å². The Morgan fingerprint density at radius 2 is 1.28 bits per heavy atom. The number of hydrogen-bond donors (Lipinski definition) is 0. The van der Waals surface area contributed by atoms with Gasteiger partial charge in [0.05, 0.1) is 18.1 Å². The van der Waals surface area contributed by atoms with Crippen molar-refractivity contribution in [2.24, 2.45) is 16.9 Å². The number of carbonyl (C=O) groups excluding carboxylic acids is 2. The summed E-state index contributed by atoms with van der Waals surface area (Å²) in [7, 11) is 0. The summed E-state index contributed by atoms with van der Waals surface area (Å²) in [5.74, 6) is -1.34. The van der Waals surface area contributed by atoms with E-state index >= 15 is 0 Å². The van der Waals surface area contributed by atoms with Crippen LogP contribution in [0.15, 0.2) is 96.1 Å². The van der Waals surface area contributed by atoms with Gasteiger partial charge in [-0.1, -0.05) is 83.9 Å².